The number of aromatic amines is 1. The van der Waals surface area contributed by atoms with Crippen molar-refractivity contribution in [1.82, 2.24) is 4.98 Å². The average Bonchev–Trinajstić information content (AvgIpc) is 3.04. The fourth-order valence-electron chi connectivity index (χ4n) is 2.50. The summed E-state index contributed by atoms with van der Waals surface area (Å²) in [5.41, 5.74) is 1.71. The van der Waals surface area contributed by atoms with E-state index in [-0.39, 0.29) is 5.91 Å². The molecule has 1 amide bonds. The maximum atomic E-state index is 12.3. The Labute approximate surface area is 150 Å². The molecule has 25 heavy (non-hydrogen) atoms. The first-order valence-electron chi connectivity index (χ1n) is 8.01. The van der Waals surface area contributed by atoms with E-state index in [4.69, 9.17) is 9.47 Å². The molecule has 0 aliphatic rings. The number of para-hydroxylation sites is 2. The number of anilines is 1. The summed E-state index contributed by atoms with van der Waals surface area (Å²) < 4.78 is 10.8. The molecule has 0 saturated carbocycles. The van der Waals surface area contributed by atoms with Crippen molar-refractivity contribution < 1.29 is 14.3 Å². The van der Waals surface area contributed by atoms with Crippen LogP contribution in [-0.4, -0.2) is 30.4 Å². The van der Waals surface area contributed by atoms with Crippen LogP contribution in [0.5, 0.6) is 11.5 Å². The number of thioether (sulfide) groups is 1. The molecule has 1 heterocycles. The van der Waals surface area contributed by atoms with Crippen LogP contribution >= 0.6 is 11.8 Å². The molecule has 0 aliphatic heterocycles. The second kappa shape index (κ2) is 7.98. The normalized spacial score (nSPS) is 10.6. The van der Waals surface area contributed by atoms with E-state index in [0.717, 1.165) is 21.5 Å². The fraction of sp³-hybridized carbons (Fsp3) is 0.211. The molecule has 0 saturated heterocycles. The van der Waals surface area contributed by atoms with E-state index in [1.807, 2.05) is 55.6 Å². The molecule has 2 N–H and O–H groups in total. The van der Waals surface area contributed by atoms with E-state index in [2.05, 4.69) is 10.3 Å². The monoisotopic (exact) mass is 356 g/mol. The van der Waals surface area contributed by atoms with Gasteiger partial charge in [-0.15, -0.1) is 11.8 Å². The molecule has 0 fully saturated rings. The number of ether oxygens (including phenoxy) is 2. The highest BCUT2D eigenvalue weighted by Crippen LogP contribution is 2.31. The highest BCUT2D eigenvalue weighted by molar-refractivity contribution is 8.00. The van der Waals surface area contributed by atoms with Crippen LogP contribution in [0.1, 0.15) is 6.92 Å². The van der Waals surface area contributed by atoms with Crippen molar-refractivity contribution in [2.24, 2.45) is 0 Å². The fourth-order valence-corrected chi connectivity index (χ4v) is 3.33. The van der Waals surface area contributed by atoms with Crippen LogP contribution < -0.4 is 14.8 Å². The molecular formula is C19H20N2O3S. The number of fused-ring (bicyclic) bond motifs is 1. The van der Waals surface area contributed by atoms with Crippen molar-refractivity contribution >= 4 is 34.3 Å². The van der Waals surface area contributed by atoms with Crippen molar-refractivity contribution in [3.8, 4) is 11.5 Å². The second-order valence-corrected chi connectivity index (χ2v) is 6.35. The third-order valence-electron chi connectivity index (χ3n) is 3.67. The first-order valence-corrected chi connectivity index (χ1v) is 8.99. The highest BCUT2D eigenvalue weighted by atomic mass is 32.2. The molecule has 0 atom stereocenters. The van der Waals surface area contributed by atoms with E-state index in [9.17, 15) is 4.79 Å². The summed E-state index contributed by atoms with van der Waals surface area (Å²) in [6, 6.07) is 13.3. The predicted molar refractivity (Wildman–Crippen MR) is 102 cm³/mol. The lowest BCUT2D eigenvalue weighted by molar-refractivity contribution is -0.113. The third kappa shape index (κ3) is 4.09. The summed E-state index contributed by atoms with van der Waals surface area (Å²) in [6.07, 6.45) is 1.91. The molecule has 5 nitrogen and oxygen atoms in total. The van der Waals surface area contributed by atoms with Gasteiger partial charge in [0.2, 0.25) is 5.91 Å². The lowest BCUT2D eigenvalue weighted by atomic mass is 10.2. The van der Waals surface area contributed by atoms with Crippen LogP contribution in [0.15, 0.2) is 53.6 Å². The van der Waals surface area contributed by atoms with Crippen LogP contribution in [0.3, 0.4) is 0 Å². The highest BCUT2D eigenvalue weighted by Gasteiger charge is 2.11. The molecular weight excluding hydrogens is 336 g/mol. The van der Waals surface area contributed by atoms with Gasteiger partial charge in [0.1, 0.15) is 11.5 Å². The van der Waals surface area contributed by atoms with Gasteiger partial charge in [0.15, 0.2) is 0 Å². The number of rotatable bonds is 7. The lowest BCUT2D eigenvalue weighted by Gasteiger charge is -2.11. The number of methoxy groups -OCH3 is 1. The molecule has 0 radical (unpaired) electrons. The number of aromatic nitrogens is 1. The molecule has 130 valence electrons. The first-order chi connectivity index (χ1) is 12.2. The van der Waals surface area contributed by atoms with Crippen molar-refractivity contribution in [1.29, 1.82) is 0 Å². The summed E-state index contributed by atoms with van der Waals surface area (Å²) in [6.45, 7) is 2.47. The van der Waals surface area contributed by atoms with Crippen LogP contribution in [-0.2, 0) is 4.79 Å². The Balaban J connectivity index is 1.67. The zero-order chi connectivity index (χ0) is 17.6. The van der Waals surface area contributed by atoms with Gasteiger partial charge in [-0.05, 0) is 37.3 Å². The molecule has 3 aromatic rings. The standard InChI is InChI=1S/C19H20N2O3S/c1-3-24-17-7-5-4-6-16(17)21-19(22)12-25-18-11-20-15-9-8-13(23-2)10-14(15)18/h4-11,20H,3,12H2,1-2H3,(H,21,22). The SMILES string of the molecule is CCOc1ccccc1NC(=O)CSc1c[nH]c2ccc(OC)cc12. The second-order valence-electron chi connectivity index (χ2n) is 5.33. The molecule has 0 aliphatic carbocycles. The van der Waals surface area contributed by atoms with Crippen molar-refractivity contribution in [2.45, 2.75) is 11.8 Å². The Morgan fingerprint density at radius 3 is 2.88 bits per heavy atom. The summed E-state index contributed by atoms with van der Waals surface area (Å²) in [5.74, 6) is 1.71. The Hall–Kier alpha value is -2.60. The largest absolute Gasteiger partial charge is 0.497 e. The molecule has 0 unspecified atom stereocenters. The number of amides is 1. The topological polar surface area (TPSA) is 63.3 Å². The van der Waals surface area contributed by atoms with Gasteiger partial charge in [-0.1, -0.05) is 12.1 Å². The minimum atomic E-state index is -0.0746. The number of nitrogens with one attached hydrogen (secondary N) is 2. The van der Waals surface area contributed by atoms with Crippen molar-refractivity contribution in [2.75, 3.05) is 24.8 Å². The minimum absolute atomic E-state index is 0.0746. The number of carbonyl (C=O) groups is 1. The van der Waals surface area contributed by atoms with Crippen molar-refractivity contribution in [3.63, 3.8) is 0 Å². The van der Waals surface area contributed by atoms with Gasteiger partial charge >= 0.3 is 0 Å². The average molecular weight is 356 g/mol. The van der Waals surface area contributed by atoms with Gasteiger partial charge in [0.25, 0.3) is 0 Å². The first kappa shape index (κ1) is 17.2. The number of carbonyl (C=O) groups excluding carboxylic acids is 1. The zero-order valence-corrected chi connectivity index (χ0v) is 15.0. The van der Waals surface area contributed by atoms with Crippen molar-refractivity contribution in [3.05, 3.63) is 48.7 Å². The summed E-state index contributed by atoms with van der Waals surface area (Å²) in [4.78, 5) is 16.5. The smallest absolute Gasteiger partial charge is 0.234 e. The molecule has 6 heteroatoms. The lowest BCUT2D eigenvalue weighted by Crippen LogP contribution is -2.14. The van der Waals surface area contributed by atoms with E-state index in [1.165, 1.54) is 11.8 Å². The summed E-state index contributed by atoms with van der Waals surface area (Å²) in [5, 5.41) is 3.96. The quantitative estimate of drug-likeness (QED) is 0.619. The maximum Gasteiger partial charge on any atom is 0.234 e. The molecule has 0 bridgehead atoms. The Kier molecular flexibility index (Phi) is 5.50. The number of benzene rings is 2. The Morgan fingerprint density at radius 1 is 1.24 bits per heavy atom. The van der Waals surface area contributed by atoms with E-state index in [0.29, 0.717) is 23.8 Å². The van der Waals surface area contributed by atoms with Crippen LogP contribution in [0.4, 0.5) is 5.69 Å². The van der Waals surface area contributed by atoms with Crippen LogP contribution in [0, 0.1) is 0 Å². The third-order valence-corrected chi connectivity index (χ3v) is 4.73. The van der Waals surface area contributed by atoms with E-state index < -0.39 is 0 Å². The van der Waals surface area contributed by atoms with Gasteiger partial charge in [0, 0.05) is 22.0 Å². The maximum absolute atomic E-state index is 12.3. The Bertz CT molecular complexity index is 876. The van der Waals surface area contributed by atoms with Gasteiger partial charge in [-0.2, -0.15) is 0 Å². The summed E-state index contributed by atoms with van der Waals surface area (Å²) in [7, 11) is 1.64. The van der Waals surface area contributed by atoms with Gasteiger partial charge in [-0.25, -0.2) is 0 Å². The number of H-pyrrole nitrogens is 1. The number of hydrogen-bond donors (Lipinski definition) is 2. The zero-order valence-electron chi connectivity index (χ0n) is 14.2. The minimum Gasteiger partial charge on any atom is -0.497 e. The van der Waals surface area contributed by atoms with E-state index in [1.54, 1.807) is 7.11 Å². The van der Waals surface area contributed by atoms with Gasteiger partial charge in [0.05, 0.1) is 25.2 Å². The van der Waals surface area contributed by atoms with Crippen LogP contribution in [0.2, 0.25) is 0 Å². The molecule has 1 aromatic heterocycles. The Morgan fingerprint density at radius 2 is 2.08 bits per heavy atom. The summed E-state index contributed by atoms with van der Waals surface area (Å²) >= 11 is 1.48. The van der Waals surface area contributed by atoms with Gasteiger partial charge < -0.3 is 19.8 Å². The van der Waals surface area contributed by atoms with Crippen LogP contribution in [0.25, 0.3) is 10.9 Å². The van der Waals surface area contributed by atoms with Gasteiger partial charge in [-0.3, -0.25) is 4.79 Å². The molecule has 2 aromatic carbocycles. The molecule has 0 spiro atoms. The number of hydrogen-bond acceptors (Lipinski definition) is 4. The van der Waals surface area contributed by atoms with E-state index >= 15 is 0 Å². The molecule has 3 rings (SSSR count). The predicted octanol–water partition coefficient (Wildman–Crippen LogP) is 4.31.